The largest absolute Gasteiger partial charge is 0.280 e. The Balaban J connectivity index is 1.74. The van der Waals surface area contributed by atoms with E-state index in [2.05, 4.69) is 9.44 Å². The first-order valence-electron chi connectivity index (χ1n) is 7.32. The molecule has 2 aromatic carbocycles. The summed E-state index contributed by atoms with van der Waals surface area (Å²) in [6.07, 6.45) is 0. The fourth-order valence-electron chi connectivity index (χ4n) is 2.08. The third kappa shape index (κ3) is 4.78. The Labute approximate surface area is 164 Å². The summed E-state index contributed by atoms with van der Waals surface area (Å²) in [6, 6.07) is 12.9. The molecule has 1 heterocycles. The van der Waals surface area contributed by atoms with Gasteiger partial charge >= 0.3 is 0 Å². The Morgan fingerprint density at radius 3 is 1.74 bits per heavy atom. The Morgan fingerprint density at radius 1 is 0.741 bits per heavy atom. The smallest absolute Gasteiger partial charge is 0.271 e. The lowest BCUT2D eigenvalue weighted by atomic mass is 10.3. The molecular weight excluding hydrogens is 435 g/mol. The van der Waals surface area contributed by atoms with Crippen molar-refractivity contribution in [3.8, 4) is 0 Å². The van der Waals surface area contributed by atoms with Crippen molar-refractivity contribution in [2.75, 3.05) is 9.44 Å². The third-order valence-corrected chi connectivity index (χ3v) is 7.83. The molecule has 0 spiro atoms. The van der Waals surface area contributed by atoms with Crippen molar-refractivity contribution in [2.24, 2.45) is 0 Å². The molecule has 0 amide bonds. The zero-order chi connectivity index (χ0) is 19.7. The average molecular weight is 447 g/mol. The molecule has 2 N–H and O–H groups in total. The molecule has 0 radical (unpaired) electrons. The van der Waals surface area contributed by atoms with Gasteiger partial charge in [0.1, 0.15) is 10.0 Å². The van der Waals surface area contributed by atoms with Gasteiger partial charge in [0.15, 0.2) is 0 Å². The summed E-state index contributed by atoms with van der Waals surface area (Å²) in [5, 5.41) is 0. The van der Waals surface area contributed by atoms with Crippen molar-refractivity contribution in [3.05, 3.63) is 70.8 Å². The van der Waals surface area contributed by atoms with Gasteiger partial charge in [-0.2, -0.15) is 0 Å². The molecule has 0 saturated carbocycles. The lowest BCUT2D eigenvalue weighted by Gasteiger charge is -2.10. The van der Waals surface area contributed by atoms with E-state index in [1.165, 1.54) is 36.4 Å². The summed E-state index contributed by atoms with van der Waals surface area (Å²) in [7, 11) is -7.66. The molecule has 0 atom stereocenters. The van der Waals surface area contributed by atoms with Crippen LogP contribution in [0.1, 0.15) is 0 Å². The van der Waals surface area contributed by atoms with Crippen molar-refractivity contribution in [3.63, 3.8) is 0 Å². The number of sulfonamides is 2. The maximum Gasteiger partial charge on any atom is 0.271 e. The molecular formula is C16H12ClFN2O4S3. The Hall–Kier alpha value is -2.14. The van der Waals surface area contributed by atoms with Gasteiger partial charge in [-0.25, -0.2) is 21.2 Å². The minimum absolute atomic E-state index is 0.0635. The molecule has 0 aliphatic rings. The third-order valence-electron chi connectivity index (χ3n) is 3.33. The van der Waals surface area contributed by atoms with Crippen molar-refractivity contribution in [2.45, 2.75) is 9.10 Å². The lowest BCUT2D eigenvalue weighted by molar-refractivity contribution is 0.598. The normalized spacial score (nSPS) is 11.9. The van der Waals surface area contributed by atoms with Gasteiger partial charge in [-0.1, -0.05) is 11.6 Å². The van der Waals surface area contributed by atoms with Gasteiger partial charge in [-0.3, -0.25) is 9.44 Å². The average Bonchev–Trinajstić information content (AvgIpc) is 3.04. The highest BCUT2D eigenvalue weighted by molar-refractivity contribution is 7.94. The van der Waals surface area contributed by atoms with Crippen LogP contribution in [0.2, 0.25) is 4.34 Å². The molecule has 0 unspecified atom stereocenters. The first kappa shape index (κ1) is 19.6. The lowest BCUT2D eigenvalue weighted by Crippen LogP contribution is -2.13. The van der Waals surface area contributed by atoms with Crippen LogP contribution in [-0.4, -0.2) is 16.8 Å². The standard InChI is InChI=1S/C16H12ClFN2O4S3/c17-15-9-10-16(25-15)27(23,24)20-13-5-3-12(4-6-13)19-26(21,22)14-7-1-11(18)2-8-14/h1-10,19-20H. The number of hydrogen-bond acceptors (Lipinski definition) is 5. The van der Waals surface area contributed by atoms with Crippen LogP contribution in [0.25, 0.3) is 0 Å². The van der Waals surface area contributed by atoms with Crippen molar-refractivity contribution < 1.29 is 21.2 Å². The predicted octanol–water partition coefficient (Wildman–Crippen LogP) is 4.14. The first-order chi connectivity index (χ1) is 12.7. The summed E-state index contributed by atoms with van der Waals surface area (Å²) in [6.45, 7) is 0. The van der Waals surface area contributed by atoms with Gasteiger partial charge in [-0.15, -0.1) is 11.3 Å². The molecule has 0 bridgehead atoms. The monoisotopic (exact) mass is 446 g/mol. The van der Waals surface area contributed by atoms with Crippen molar-refractivity contribution >= 4 is 54.4 Å². The van der Waals surface area contributed by atoms with E-state index >= 15 is 0 Å². The summed E-state index contributed by atoms with van der Waals surface area (Å²) >= 11 is 6.67. The van der Waals surface area contributed by atoms with Gasteiger partial charge < -0.3 is 0 Å². The van der Waals surface area contributed by atoms with Crippen molar-refractivity contribution in [1.82, 2.24) is 0 Å². The number of rotatable bonds is 6. The molecule has 3 aromatic rings. The number of benzene rings is 2. The van der Waals surface area contributed by atoms with E-state index in [1.54, 1.807) is 0 Å². The highest BCUT2D eigenvalue weighted by Crippen LogP contribution is 2.27. The Kier molecular flexibility index (Phi) is 5.43. The van der Waals surface area contributed by atoms with E-state index in [0.717, 1.165) is 35.6 Å². The molecule has 0 aliphatic carbocycles. The zero-order valence-corrected chi connectivity index (χ0v) is 16.6. The fraction of sp³-hybridized carbons (Fsp3) is 0. The van der Waals surface area contributed by atoms with Crippen molar-refractivity contribution in [1.29, 1.82) is 0 Å². The maximum atomic E-state index is 12.9. The molecule has 0 aliphatic heterocycles. The molecule has 11 heteroatoms. The highest BCUT2D eigenvalue weighted by atomic mass is 35.5. The number of halogens is 2. The van der Waals surface area contributed by atoms with E-state index < -0.39 is 25.9 Å². The van der Waals surface area contributed by atoms with Crippen LogP contribution in [0.15, 0.2) is 69.8 Å². The highest BCUT2D eigenvalue weighted by Gasteiger charge is 2.17. The molecule has 0 saturated heterocycles. The molecule has 0 fully saturated rings. The zero-order valence-electron chi connectivity index (χ0n) is 13.4. The Morgan fingerprint density at radius 2 is 1.26 bits per heavy atom. The second kappa shape index (κ2) is 7.47. The van der Waals surface area contributed by atoms with Gasteiger partial charge in [0.05, 0.1) is 9.23 Å². The van der Waals surface area contributed by atoms with E-state index in [4.69, 9.17) is 11.6 Å². The van der Waals surface area contributed by atoms with Gasteiger partial charge in [0, 0.05) is 11.4 Å². The minimum Gasteiger partial charge on any atom is -0.280 e. The second-order valence-corrected chi connectivity index (χ2v) is 10.6. The molecule has 1 aromatic heterocycles. The molecule has 6 nitrogen and oxygen atoms in total. The van der Waals surface area contributed by atoms with E-state index in [0.29, 0.717) is 4.34 Å². The van der Waals surface area contributed by atoms with E-state index in [-0.39, 0.29) is 20.5 Å². The molecule has 3 rings (SSSR count). The van der Waals surface area contributed by atoms with Crippen LogP contribution in [0, 0.1) is 5.82 Å². The summed E-state index contributed by atoms with van der Waals surface area (Å²) < 4.78 is 67.1. The molecule has 27 heavy (non-hydrogen) atoms. The summed E-state index contributed by atoms with van der Waals surface area (Å²) in [5.74, 6) is -0.544. The topological polar surface area (TPSA) is 92.3 Å². The summed E-state index contributed by atoms with van der Waals surface area (Å²) in [5.41, 5.74) is 0.477. The van der Waals surface area contributed by atoms with Crippen LogP contribution < -0.4 is 9.44 Å². The Bertz CT molecular complexity index is 1160. The fourth-order valence-corrected chi connectivity index (χ4v) is 5.68. The predicted molar refractivity (Wildman–Crippen MR) is 104 cm³/mol. The van der Waals surface area contributed by atoms with Crippen LogP contribution >= 0.6 is 22.9 Å². The van der Waals surface area contributed by atoms with Crippen LogP contribution in [-0.2, 0) is 20.0 Å². The van der Waals surface area contributed by atoms with Crippen LogP contribution in [0.5, 0.6) is 0 Å². The minimum atomic E-state index is -3.89. The van der Waals surface area contributed by atoms with E-state index in [9.17, 15) is 21.2 Å². The first-order valence-corrected chi connectivity index (χ1v) is 11.5. The molecule has 142 valence electrons. The van der Waals surface area contributed by atoms with Crippen LogP contribution in [0.3, 0.4) is 0 Å². The number of hydrogen-bond donors (Lipinski definition) is 2. The number of anilines is 2. The second-order valence-electron chi connectivity index (χ2n) is 5.30. The van der Waals surface area contributed by atoms with Gasteiger partial charge in [0.25, 0.3) is 20.0 Å². The van der Waals surface area contributed by atoms with E-state index in [1.807, 2.05) is 0 Å². The number of nitrogens with one attached hydrogen (secondary N) is 2. The van der Waals surface area contributed by atoms with Gasteiger partial charge in [-0.05, 0) is 60.7 Å². The maximum absolute atomic E-state index is 12.9. The summed E-state index contributed by atoms with van der Waals surface area (Å²) in [4.78, 5) is -0.0942. The van der Waals surface area contributed by atoms with Gasteiger partial charge in [0.2, 0.25) is 0 Å². The van der Waals surface area contributed by atoms with Crippen LogP contribution in [0.4, 0.5) is 15.8 Å². The SMILES string of the molecule is O=S(=O)(Nc1ccc(NS(=O)(=O)c2ccc(Cl)s2)cc1)c1ccc(F)cc1. The number of thiophene rings is 1. The quantitative estimate of drug-likeness (QED) is 0.595.